The van der Waals surface area contributed by atoms with Gasteiger partial charge in [0, 0.05) is 17.8 Å². The molecule has 1 unspecified atom stereocenters. The second-order valence-electron chi connectivity index (χ2n) is 5.37. The summed E-state index contributed by atoms with van der Waals surface area (Å²) < 4.78 is 0. The Bertz CT molecular complexity index is 411. The maximum Gasteiger partial charge on any atom is 0.126 e. The Morgan fingerprint density at radius 2 is 2.29 bits per heavy atom. The highest BCUT2D eigenvalue weighted by Gasteiger charge is 2.34. The highest BCUT2D eigenvalue weighted by Crippen LogP contribution is 2.38. The average Bonchev–Trinajstić information content (AvgIpc) is 2.59. The fraction of sp³-hybridized carbons (Fsp3) is 0.538. The predicted octanol–water partition coefficient (Wildman–Crippen LogP) is 2.71. The monoisotopic (exact) mass is 249 g/mol. The maximum absolute atomic E-state index is 5.54. The van der Waals surface area contributed by atoms with Crippen LogP contribution in [0.4, 0.5) is 5.82 Å². The van der Waals surface area contributed by atoms with Crippen LogP contribution in [0.3, 0.4) is 0 Å². The molecule has 0 aromatic carbocycles. The molecule has 0 spiro atoms. The molecule has 1 aliphatic rings. The third kappa shape index (κ3) is 2.75. The molecule has 4 heteroatoms. The Labute approximate surface area is 108 Å². The first-order valence-corrected chi connectivity index (χ1v) is 6.42. The Hall–Kier alpha value is -1.16. The molecule has 0 bridgehead atoms. The normalized spacial score (nSPS) is 22.4. The fourth-order valence-electron chi connectivity index (χ4n) is 2.40. The summed E-state index contributed by atoms with van der Waals surface area (Å²) in [5.74, 6) is 0.907. The lowest BCUT2D eigenvalue weighted by Gasteiger charge is -2.28. The van der Waals surface area contributed by atoms with Crippen molar-refractivity contribution in [3.8, 4) is 0 Å². The van der Waals surface area contributed by atoms with Gasteiger partial charge < -0.3 is 11.1 Å². The number of thiocarbonyl (C=S) groups is 1. The van der Waals surface area contributed by atoms with E-state index in [4.69, 9.17) is 18.0 Å². The lowest BCUT2D eigenvalue weighted by atomic mass is 9.87. The second-order valence-corrected chi connectivity index (χ2v) is 5.81. The van der Waals surface area contributed by atoms with E-state index in [9.17, 15) is 0 Å². The summed E-state index contributed by atoms with van der Waals surface area (Å²) in [6, 6.07) is 4.37. The van der Waals surface area contributed by atoms with Gasteiger partial charge in [-0.1, -0.05) is 32.5 Å². The van der Waals surface area contributed by atoms with Gasteiger partial charge in [0.2, 0.25) is 0 Å². The molecule has 0 aliphatic heterocycles. The molecule has 3 N–H and O–H groups in total. The van der Waals surface area contributed by atoms with Gasteiger partial charge in [-0.25, -0.2) is 4.98 Å². The van der Waals surface area contributed by atoms with Gasteiger partial charge in [-0.15, -0.1) is 0 Å². The molecule has 1 aliphatic carbocycles. The average molecular weight is 249 g/mol. The summed E-state index contributed by atoms with van der Waals surface area (Å²) in [4.78, 5) is 4.74. The van der Waals surface area contributed by atoms with Crippen molar-refractivity contribution in [2.45, 2.75) is 39.2 Å². The third-order valence-electron chi connectivity index (χ3n) is 3.63. The van der Waals surface area contributed by atoms with Crippen LogP contribution in [0.15, 0.2) is 18.3 Å². The number of pyridine rings is 1. The third-order valence-corrected chi connectivity index (χ3v) is 3.86. The number of rotatable bonds is 3. The molecule has 1 saturated carbocycles. The Morgan fingerprint density at radius 3 is 2.76 bits per heavy atom. The molecular weight excluding hydrogens is 230 g/mol. The van der Waals surface area contributed by atoms with Gasteiger partial charge in [-0.05, 0) is 30.4 Å². The van der Waals surface area contributed by atoms with Crippen molar-refractivity contribution in [1.29, 1.82) is 0 Å². The van der Waals surface area contributed by atoms with Crippen molar-refractivity contribution < 1.29 is 0 Å². The standard InChI is InChI=1S/C13H19N3S/c1-13(2)7-3-4-10(13)16-11-6-5-9(8-15-11)12(14)17/h5-6,8,10H,3-4,7H2,1-2H3,(H2,14,17)(H,15,16). The number of nitrogens with two attached hydrogens (primary N) is 1. The Kier molecular flexibility index (Phi) is 3.33. The zero-order valence-electron chi connectivity index (χ0n) is 10.4. The Morgan fingerprint density at radius 1 is 1.53 bits per heavy atom. The van der Waals surface area contributed by atoms with E-state index >= 15 is 0 Å². The van der Waals surface area contributed by atoms with Crippen molar-refractivity contribution in [3.05, 3.63) is 23.9 Å². The lowest BCUT2D eigenvalue weighted by Crippen LogP contribution is -2.31. The minimum atomic E-state index is 0.351. The van der Waals surface area contributed by atoms with Gasteiger partial charge in [-0.3, -0.25) is 0 Å². The first-order valence-electron chi connectivity index (χ1n) is 6.01. The fourth-order valence-corrected chi connectivity index (χ4v) is 2.52. The molecule has 1 atom stereocenters. The van der Waals surface area contributed by atoms with Gasteiger partial charge in [0.25, 0.3) is 0 Å². The van der Waals surface area contributed by atoms with Crippen molar-refractivity contribution in [2.75, 3.05) is 5.32 Å². The maximum atomic E-state index is 5.54. The molecule has 2 rings (SSSR count). The van der Waals surface area contributed by atoms with Crippen molar-refractivity contribution in [2.24, 2.45) is 11.1 Å². The van der Waals surface area contributed by atoms with E-state index in [1.807, 2.05) is 12.1 Å². The van der Waals surface area contributed by atoms with Crippen LogP contribution in [0.25, 0.3) is 0 Å². The Balaban J connectivity index is 2.06. The molecule has 3 nitrogen and oxygen atoms in total. The summed E-state index contributed by atoms with van der Waals surface area (Å²) in [7, 11) is 0. The summed E-state index contributed by atoms with van der Waals surface area (Å²) in [6.45, 7) is 4.61. The number of anilines is 1. The van der Waals surface area contributed by atoms with Gasteiger partial charge in [0.05, 0.1) is 0 Å². The van der Waals surface area contributed by atoms with Crippen LogP contribution >= 0.6 is 12.2 Å². The summed E-state index contributed by atoms with van der Waals surface area (Å²) in [6.07, 6.45) is 5.50. The molecule has 1 aromatic rings. The molecule has 17 heavy (non-hydrogen) atoms. The molecule has 1 fully saturated rings. The highest BCUT2D eigenvalue weighted by atomic mass is 32.1. The predicted molar refractivity (Wildman–Crippen MR) is 75.2 cm³/mol. The van der Waals surface area contributed by atoms with Gasteiger partial charge in [0.1, 0.15) is 10.8 Å². The summed E-state index contributed by atoms with van der Waals surface area (Å²) in [5, 5.41) is 3.50. The first kappa shape index (κ1) is 12.3. The van der Waals surface area contributed by atoms with Crippen LogP contribution in [0.2, 0.25) is 0 Å². The van der Waals surface area contributed by atoms with Crippen LogP contribution in [0.1, 0.15) is 38.7 Å². The van der Waals surface area contributed by atoms with Crippen LogP contribution < -0.4 is 11.1 Å². The molecule has 92 valence electrons. The van der Waals surface area contributed by atoms with E-state index < -0.39 is 0 Å². The summed E-state index contributed by atoms with van der Waals surface area (Å²) >= 11 is 4.90. The zero-order valence-corrected chi connectivity index (χ0v) is 11.2. The van der Waals surface area contributed by atoms with E-state index in [0.717, 1.165) is 11.4 Å². The van der Waals surface area contributed by atoms with Crippen molar-refractivity contribution in [3.63, 3.8) is 0 Å². The number of hydrogen-bond acceptors (Lipinski definition) is 3. The van der Waals surface area contributed by atoms with Gasteiger partial charge >= 0.3 is 0 Å². The first-order chi connectivity index (χ1) is 7.99. The smallest absolute Gasteiger partial charge is 0.126 e. The van der Waals surface area contributed by atoms with E-state index in [-0.39, 0.29) is 0 Å². The van der Waals surface area contributed by atoms with E-state index in [1.54, 1.807) is 6.20 Å². The number of hydrogen-bond donors (Lipinski definition) is 2. The van der Waals surface area contributed by atoms with Gasteiger partial charge in [-0.2, -0.15) is 0 Å². The van der Waals surface area contributed by atoms with Crippen molar-refractivity contribution in [1.82, 2.24) is 4.98 Å². The molecule has 1 aromatic heterocycles. The molecular formula is C13H19N3S. The SMILES string of the molecule is CC1(C)CCCC1Nc1ccc(C(N)=S)cn1. The largest absolute Gasteiger partial charge is 0.389 e. The zero-order chi connectivity index (χ0) is 12.5. The van der Waals surface area contributed by atoms with Crippen LogP contribution in [0.5, 0.6) is 0 Å². The second kappa shape index (κ2) is 4.61. The number of aromatic nitrogens is 1. The molecule has 1 heterocycles. The van der Waals surface area contributed by atoms with E-state index in [1.165, 1.54) is 19.3 Å². The quantitative estimate of drug-likeness (QED) is 0.809. The summed E-state index contributed by atoms with van der Waals surface area (Å²) in [5.41, 5.74) is 6.71. The van der Waals surface area contributed by atoms with E-state index in [0.29, 0.717) is 16.4 Å². The van der Waals surface area contributed by atoms with Crippen LogP contribution in [-0.2, 0) is 0 Å². The van der Waals surface area contributed by atoms with Crippen LogP contribution in [-0.4, -0.2) is 16.0 Å². The minimum absolute atomic E-state index is 0.351. The molecule has 0 radical (unpaired) electrons. The topological polar surface area (TPSA) is 50.9 Å². The molecule has 0 amide bonds. The number of nitrogens with one attached hydrogen (secondary N) is 1. The minimum Gasteiger partial charge on any atom is -0.389 e. The van der Waals surface area contributed by atoms with E-state index in [2.05, 4.69) is 24.1 Å². The highest BCUT2D eigenvalue weighted by molar-refractivity contribution is 7.80. The van der Waals surface area contributed by atoms with Crippen LogP contribution in [0, 0.1) is 5.41 Å². The van der Waals surface area contributed by atoms with Crippen molar-refractivity contribution >= 4 is 23.0 Å². The number of nitrogens with zero attached hydrogens (tertiary/aromatic N) is 1. The van der Waals surface area contributed by atoms with Gasteiger partial charge in [0.15, 0.2) is 0 Å². The lowest BCUT2D eigenvalue weighted by molar-refractivity contribution is 0.349. The molecule has 0 saturated heterocycles.